The van der Waals surface area contributed by atoms with Gasteiger partial charge in [0.15, 0.2) is 0 Å². The lowest BCUT2D eigenvalue weighted by molar-refractivity contribution is -0.124. The van der Waals surface area contributed by atoms with Crippen molar-refractivity contribution >= 4 is 5.91 Å². The van der Waals surface area contributed by atoms with Crippen LogP contribution in [0.2, 0.25) is 0 Å². The molecule has 1 N–H and O–H groups in total. The van der Waals surface area contributed by atoms with Crippen molar-refractivity contribution in [3.05, 3.63) is 0 Å². The monoisotopic (exact) mass is 237 g/mol. The summed E-state index contributed by atoms with van der Waals surface area (Å²) in [4.78, 5) is 14.0. The van der Waals surface area contributed by atoms with E-state index < -0.39 is 5.41 Å². The number of amides is 1. The second-order valence-corrected chi connectivity index (χ2v) is 4.76. The van der Waals surface area contributed by atoms with Crippen molar-refractivity contribution in [1.82, 2.24) is 10.2 Å². The normalized spacial score (nSPS) is 22.8. The quantitative estimate of drug-likeness (QED) is 0.690. The molecular weight excluding hydrogens is 218 g/mol. The average molecular weight is 237 g/mol. The Labute approximate surface area is 102 Å². The van der Waals surface area contributed by atoms with Crippen molar-refractivity contribution in [2.75, 3.05) is 39.4 Å². The van der Waals surface area contributed by atoms with Crippen molar-refractivity contribution in [1.29, 1.82) is 5.26 Å². The third-order valence-electron chi connectivity index (χ3n) is 3.44. The van der Waals surface area contributed by atoms with Crippen molar-refractivity contribution < 1.29 is 9.53 Å². The number of morpholine rings is 1. The fraction of sp³-hybridized carbons (Fsp3) is 0.833. The molecule has 94 valence electrons. The van der Waals surface area contributed by atoms with Crippen LogP contribution in [0, 0.1) is 16.7 Å². The first-order valence-corrected chi connectivity index (χ1v) is 6.26. The number of hydrogen-bond donors (Lipinski definition) is 1. The fourth-order valence-corrected chi connectivity index (χ4v) is 2.01. The molecule has 1 aliphatic carbocycles. The third kappa shape index (κ3) is 3.18. The van der Waals surface area contributed by atoms with Crippen LogP contribution in [0.4, 0.5) is 0 Å². The van der Waals surface area contributed by atoms with E-state index in [4.69, 9.17) is 10.00 Å². The van der Waals surface area contributed by atoms with Gasteiger partial charge in [-0.25, -0.2) is 0 Å². The molecule has 0 aromatic rings. The number of nitrogens with one attached hydrogen (secondary N) is 1. The summed E-state index contributed by atoms with van der Waals surface area (Å²) in [6.45, 7) is 5.24. The van der Waals surface area contributed by atoms with Crippen molar-refractivity contribution in [3.8, 4) is 6.07 Å². The van der Waals surface area contributed by atoms with Crippen LogP contribution in [-0.2, 0) is 9.53 Å². The molecule has 5 nitrogen and oxygen atoms in total. The van der Waals surface area contributed by atoms with E-state index in [1.54, 1.807) is 0 Å². The molecule has 0 aromatic carbocycles. The van der Waals surface area contributed by atoms with Crippen LogP contribution in [0.1, 0.15) is 19.3 Å². The Balaban J connectivity index is 1.57. The zero-order valence-corrected chi connectivity index (χ0v) is 10.1. The molecule has 1 amide bonds. The molecule has 0 bridgehead atoms. The molecule has 2 aliphatic rings. The van der Waals surface area contributed by atoms with E-state index in [1.807, 2.05) is 0 Å². The van der Waals surface area contributed by atoms with Gasteiger partial charge in [-0.3, -0.25) is 9.69 Å². The van der Waals surface area contributed by atoms with E-state index in [0.717, 1.165) is 52.1 Å². The Hall–Kier alpha value is -1.12. The van der Waals surface area contributed by atoms with E-state index in [0.29, 0.717) is 6.54 Å². The smallest absolute Gasteiger partial charge is 0.240 e. The fourth-order valence-electron chi connectivity index (χ4n) is 2.01. The highest BCUT2D eigenvalue weighted by molar-refractivity contribution is 5.88. The van der Waals surface area contributed by atoms with Gasteiger partial charge in [0, 0.05) is 19.6 Å². The van der Waals surface area contributed by atoms with Gasteiger partial charge in [0.1, 0.15) is 5.41 Å². The summed E-state index contributed by atoms with van der Waals surface area (Å²) in [7, 11) is 0. The lowest BCUT2D eigenvalue weighted by atomic mass is 10.1. The van der Waals surface area contributed by atoms with E-state index in [2.05, 4.69) is 16.3 Å². The molecule has 1 heterocycles. The van der Waals surface area contributed by atoms with Crippen molar-refractivity contribution in [3.63, 3.8) is 0 Å². The largest absolute Gasteiger partial charge is 0.379 e. The van der Waals surface area contributed by atoms with Gasteiger partial charge in [-0.2, -0.15) is 5.26 Å². The number of rotatable bonds is 5. The molecule has 5 heteroatoms. The summed E-state index contributed by atoms with van der Waals surface area (Å²) >= 11 is 0. The number of carbonyl (C=O) groups excluding carboxylic acids is 1. The zero-order chi connectivity index (χ0) is 12.1. The molecule has 0 unspecified atom stereocenters. The van der Waals surface area contributed by atoms with Crippen LogP contribution < -0.4 is 5.32 Å². The SMILES string of the molecule is N#CC1(C(=O)NCCCN2CCOCC2)CC1. The first-order chi connectivity index (χ1) is 8.27. The summed E-state index contributed by atoms with van der Waals surface area (Å²) in [5.74, 6) is -0.0815. The van der Waals surface area contributed by atoms with Gasteiger partial charge >= 0.3 is 0 Å². The van der Waals surface area contributed by atoms with E-state index in [1.165, 1.54) is 0 Å². The van der Waals surface area contributed by atoms with Crippen LogP contribution in [0.3, 0.4) is 0 Å². The number of nitriles is 1. The summed E-state index contributed by atoms with van der Waals surface area (Å²) in [6, 6.07) is 2.10. The maximum Gasteiger partial charge on any atom is 0.240 e. The Bertz CT molecular complexity index is 314. The molecule has 2 fully saturated rings. The second-order valence-electron chi connectivity index (χ2n) is 4.76. The number of carbonyl (C=O) groups is 1. The highest BCUT2D eigenvalue weighted by Crippen LogP contribution is 2.44. The van der Waals surface area contributed by atoms with Crippen LogP contribution in [0.15, 0.2) is 0 Å². The number of hydrogen-bond acceptors (Lipinski definition) is 4. The Kier molecular flexibility index (Phi) is 3.97. The predicted molar refractivity (Wildman–Crippen MR) is 62.2 cm³/mol. The van der Waals surface area contributed by atoms with Gasteiger partial charge in [0.25, 0.3) is 0 Å². The minimum atomic E-state index is -0.682. The second kappa shape index (κ2) is 5.48. The highest BCUT2D eigenvalue weighted by atomic mass is 16.5. The Morgan fingerprint density at radius 3 is 2.71 bits per heavy atom. The van der Waals surface area contributed by atoms with Gasteiger partial charge in [-0.15, -0.1) is 0 Å². The lowest BCUT2D eigenvalue weighted by Crippen LogP contribution is -2.38. The third-order valence-corrected chi connectivity index (χ3v) is 3.44. The zero-order valence-electron chi connectivity index (χ0n) is 10.1. The van der Waals surface area contributed by atoms with E-state index >= 15 is 0 Å². The van der Waals surface area contributed by atoms with E-state index in [9.17, 15) is 4.79 Å². The molecule has 2 rings (SSSR count). The van der Waals surface area contributed by atoms with Crippen LogP contribution in [0.25, 0.3) is 0 Å². The summed E-state index contributed by atoms with van der Waals surface area (Å²) in [6.07, 6.45) is 2.38. The topological polar surface area (TPSA) is 65.4 Å². The summed E-state index contributed by atoms with van der Waals surface area (Å²) < 4.78 is 5.26. The highest BCUT2D eigenvalue weighted by Gasteiger charge is 2.50. The maximum atomic E-state index is 11.6. The first kappa shape index (κ1) is 12.3. The summed E-state index contributed by atoms with van der Waals surface area (Å²) in [5.41, 5.74) is -0.682. The Morgan fingerprint density at radius 1 is 1.41 bits per heavy atom. The van der Waals surface area contributed by atoms with Crippen molar-refractivity contribution in [2.24, 2.45) is 5.41 Å². The Morgan fingerprint density at radius 2 is 2.12 bits per heavy atom. The van der Waals surface area contributed by atoms with Crippen LogP contribution in [-0.4, -0.2) is 50.2 Å². The molecule has 1 saturated carbocycles. The van der Waals surface area contributed by atoms with Gasteiger partial charge < -0.3 is 10.1 Å². The molecule has 0 spiro atoms. The van der Waals surface area contributed by atoms with Gasteiger partial charge in [0.05, 0.1) is 19.3 Å². The number of nitrogens with zero attached hydrogens (tertiary/aromatic N) is 2. The van der Waals surface area contributed by atoms with Crippen LogP contribution >= 0.6 is 0 Å². The minimum absolute atomic E-state index is 0.0815. The minimum Gasteiger partial charge on any atom is -0.379 e. The molecule has 17 heavy (non-hydrogen) atoms. The molecule has 1 saturated heterocycles. The van der Waals surface area contributed by atoms with Crippen molar-refractivity contribution in [2.45, 2.75) is 19.3 Å². The molecule has 0 atom stereocenters. The summed E-state index contributed by atoms with van der Waals surface area (Å²) in [5, 5.41) is 11.7. The van der Waals surface area contributed by atoms with E-state index in [-0.39, 0.29) is 5.91 Å². The maximum absolute atomic E-state index is 11.6. The van der Waals surface area contributed by atoms with Crippen LogP contribution in [0.5, 0.6) is 0 Å². The molecule has 1 aliphatic heterocycles. The van der Waals surface area contributed by atoms with Gasteiger partial charge in [0.2, 0.25) is 5.91 Å². The van der Waals surface area contributed by atoms with Gasteiger partial charge in [-0.1, -0.05) is 0 Å². The predicted octanol–water partition coefficient (Wildman–Crippen LogP) is 0.129. The standard InChI is InChI=1S/C12H19N3O2/c13-10-12(2-3-12)11(16)14-4-1-5-15-6-8-17-9-7-15/h1-9H2,(H,14,16). The average Bonchev–Trinajstić information content (AvgIpc) is 3.17. The van der Waals surface area contributed by atoms with Gasteiger partial charge in [-0.05, 0) is 25.8 Å². The lowest BCUT2D eigenvalue weighted by Gasteiger charge is -2.26. The molecule has 0 radical (unpaired) electrons. The number of ether oxygens (including phenoxy) is 1. The molecule has 0 aromatic heterocycles. The molecular formula is C12H19N3O2. The first-order valence-electron chi connectivity index (χ1n) is 6.26.